The van der Waals surface area contributed by atoms with Crippen molar-refractivity contribution in [2.24, 2.45) is 11.8 Å². The minimum Gasteiger partial charge on any atom is -0.493 e. The molecule has 136 valence electrons. The van der Waals surface area contributed by atoms with E-state index in [1.165, 1.54) is 37.8 Å². The molecule has 0 amide bonds. The predicted octanol–water partition coefficient (Wildman–Crippen LogP) is 4.28. The Bertz CT molecular complexity index is 475. The Morgan fingerprint density at radius 3 is 2.92 bits per heavy atom. The van der Waals surface area contributed by atoms with Crippen molar-refractivity contribution >= 4 is 0 Å². The molecule has 0 spiro atoms. The molecular weight excluding hydrogens is 296 g/mol. The molecule has 1 atom stereocenters. The van der Waals surface area contributed by atoms with Crippen LogP contribution in [-0.4, -0.2) is 50.1 Å². The third kappa shape index (κ3) is 7.23. The van der Waals surface area contributed by atoms with E-state index in [2.05, 4.69) is 62.0 Å². The normalized spacial score (nSPS) is 19.2. The zero-order chi connectivity index (χ0) is 17.4. The van der Waals surface area contributed by atoms with Gasteiger partial charge in [-0.2, -0.15) is 0 Å². The predicted molar refractivity (Wildman–Crippen MR) is 103 cm³/mol. The standard InChI is InChI=1S/C21H36N2O/c1-18(2)8-6-12-22(3)15-19-9-5-11-21(14-19)24-17-20-10-7-13-23(4)16-20/h5,9,11,14,18,20H,6-8,10,12-13,15-17H2,1-4H3. The molecule has 1 aliphatic heterocycles. The lowest BCUT2D eigenvalue weighted by atomic mass is 9.99. The van der Waals surface area contributed by atoms with Gasteiger partial charge in [0.2, 0.25) is 0 Å². The van der Waals surface area contributed by atoms with Crippen LogP contribution < -0.4 is 4.74 Å². The van der Waals surface area contributed by atoms with Crippen molar-refractivity contribution in [2.45, 2.75) is 46.1 Å². The van der Waals surface area contributed by atoms with Crippen LogP contribution in [0.1, 0.15) is 45.1 Å². The molecule has 1 aliphatic rings. The summed E-state index contributed by atoms with van der Waals surface area (Å²) >= 11 is 0. The van der Waals surface area contributed by atoms with Gasteiger partial charge in [0.05, 0.1) is 6.61 Å². The van der Waals surface area contributed by atoms with Gasteiger partial charge in [-0.15, -0.1) is 0 Å². The molecule has 3 nitrogen and oxygen atoms in total. The molecule has 1 unspecified atom stereocenters. The van der Waals surface area contributed by atoms with Crippen LogP contribution in [-0.2, 0) is 6.54 Å². The summed E-state index contributed by atoms with van der Waals surface area (Å²) in [7, 11) is 4.42. The second-order valence-corrected chi connectivity index (χ2v) is 8.00. The second kappa shape index (κ2) is 10.0. The molecule has 24 heavy (non-hydrogen) atoms. The first-order valence-electron chi connectivity index (χ1n) is 9.61. The molecule has 0 aromatic heterocycles. The molecular formula is C21H36N2O. The number of rotatable bonds is 9. The molecule has 1 aromatic rings. The minimum absolute atomic E-state index is 0.672. The number of likely N-dealkylation sites (tertiary alicyclic amines) is 1. The average Bonchev–Trinajstić information content (AvgIpc) is 2.53. The maximum absolute atomic E-state index is 6.08. The fraction of sp³-hybridized carbons (Fsp3) is 0.714. The summed E-state index contributed by atoms with van der Waals surface area (Å²) in [4.78, 5) is 4.83. The Balaban J connectivity index is 1.76. The van der Waals surface area contributed by atoms with E-state index in [-0.39, 0.29) is 0 Å². The Morgan fingerprint density at radius 1 is 1.33 bits per heavy atom. The summed E-state index contributed by atoms with van der Waals surface area (Å²) in [6.45, 7) is 10.0. The fourth-order valence-corrected chi connectivity index (χ4v) is 3.52. The van der Waals surface area contributed by atoms with Gasteiger partial charge in [0.1, 0.15) is 5.75 Å². The van der Waals surface area contributed by atoms with Crippen LogP contribution >= 0.6 is 0 Å². The van der Waals surface area contributed by atoms with E-state index in [4.69, 9.17) is 4.74 Å². The van der Waals surface area contributed by atoms with E-state index in [0.29, 0.717) is 5.92 Å². The largest absolute Gasteiger partial charge is 0.493 e. The van der Waals surface area contributed by atoms with Crippen molar-refractivity contribution in [3.63, 3.8) is 0 Å². The first-order chi connectivity index (χ1) is 11.5. The lowest BCUT2D eigenvalue weighted by Gasteiger charge is -2.29. The molecule has 3 heteroatoms. The quantitative estimate of drug-likeness (QED) is 0.671. The highest BCUT2D eigenvalue weighted by molar-refractivity contribution is 5.28. The van der Waals surface area contributed by atoms with Gasteiger partial charge in [0.15, 0.2) is 0 Å². The van der Waals surface area contributed by atoms with Gasteiger partial charge >= 0.3 is 0 Å². The van der Waals surface area contributed by atoms with Crippen LogP contribution in [0.5, 0.6) is 5.75 Å². The minimum atomic E-state index is 0.672. The third-order valence-electron chi connectivity index (χ3n) is 4.88. The summed E-state index contributed by atoms with van der Waals surface area (Å²) in [5.74, 6) is 2.50. The smallest absolute Gasteiger partial charge is 0.119 e. The molecule has 0 aliphatic carbocycles. The Hall–Kier alpha value is -1.06. The number of piperidine rings is 1. The van der Waals surface area contributed by atoms with Crippen molar-refractivity contribution in [3.05, 3.63) is 29.8 Å². The molecule has 1 fully saturated rings. The maximum atomic E-state index is 6.08. The van der Waals surface area contributed by atoms with Gasteiger partial charge in [-0.05, 0) is 76.5 Å². The summed E-state index contributed by atoms with van der Waals surface area (Å²) in [5.41, 5.74) is 1.35. The van der Waals surface area contributed by atoms with Crippen LogP contribution in [0.3, 0.4) is 0 Å². The molecule has 1 saturated heterocycles. The van der Waals surface area contributed by atoms with Crippen molar-refractivity contribution in [3.8, 4) is 5.75 Å². The first-order valence-corrected chi connectivity index (χ1v) is 9.61. The third-order valence-corrected chi connectivity index (χ3v) is 4.88. The van der Waals surface area contributed by atoms with Crippen LogP contribution in [0, 0.1) is 11.8 Å². The fourth-order valence-electron chi connectivity index (χ4n) is 3.52. The van der Waals surface area contributed by atoms with E-state index in [0.717, 1.165) is 37.9 Å². The van der Waals surface area contributed by atoms with Gasteiger partial charge in [0.25, 0.3) is 0 Å². The van der Waals surface area contributed by atoms with Gasteiger partial charge in [-0.25, -0.2) is 0 Å². The molecule has 1 aromatic carbocycles. The Kier molecular flexibility index (Phi) is 8.07. The SMILES string of the molecule is CC(C)CCCN(C)Cc1cccc(OCC2CCCN(C)C2)c1. The molecule has 1 heterocycles. The van der Waals surface area contributed by atoms with Crippen LogP contribution in [0.25, 0.3) is 0 Å². The molecule has 0 radical (unpaired) electrons. The number of nitrogens with zero attached hydrogens (tertiary/aromatic N) is 2. The average molecular weight is 333 g/mol. The molecule has 0 saturated carbocycles. The molecule has 2 rings (SSSR count). The first kappa shape index (κ1) is 19.3. The van der Waals surface area contributed by atoms with Gasteiger partial charge in [-0.1, -0.05) is 26.0 Å². The zero-order valence-electron chi connectivity index (χ0n) is 16.1. The van der Waals surface area contributed by atoms with E-state index >= 15 is 0 Å². The molecule has 0 N–H and O–H groups in total. The highest BCUT2D eigenvalue weighted by Gasteiger charge is 2.17. The number of benzene rings is 1. The monoisotopic (exact) mass is 332 g/mol. The number of hydrogen-bond donors (Lipinski definition) is 0. The Labute approximate surface area is 149 Å². The highest BCUT2D eigenvalue weighted by atomic mass is 16.5. The maximum Gasteiger partial charge on any atom is 0.119 e. The summed E-state index contributed by atoms with van der Waals surface area (Å²) in [6.07, 6.45) is 5.18. The second-order valence-electron chi connectivity index (χ2n) is 8.00. The molecule has 0 bridgehead atoms. The van der Waals surface area contributed by atoms with Crippen molar-refractivity contribution in [1.82, 2.24) is 9.80 Å². The lowest BCUT2D eigenvalue weighted by molar-refractivity contribution is 0.150. The summed E-state index contributed by atoms with van der Waals surface area (Å²) in [5, 5.41) is 0. The van der Waals surface area contributed by atoms with Crippen LogP contribution in [0.2, 0.25) is 0 Å². The van der Waals surface area contributed by atoms with E-state index < -0.39 is 0 Å². The van der Waals surface area contributed by atoms with Gasteiger partial charge in [0, 0.05) is 19.0 Å². The topological polar surface area (TPSA) is 15.7 Å². The van der Waals surface area contributed by atoms with Crippen molar-refractivity contribution < 1.29 is 4.74 Å². The van der Waals surface area contributed by atoms with Gasteiger partial charge < -0.3 is 14.5 Å². The van der Waals surface area contributed by atoms with Crippen molar-refractivity contribution in [2.75, 3.05) is 40.3 Å². The highest BCUT2D eigenvalue weighted by Crippen LogP contribution is 2.19. The zero-order valence-corrected chi connectivity index (χ0v) is 16.1. The van der Waals surface area contributed by atoms with Crippen LogP contribution in [0.4, 0.5) is 0 Å². The van der Waals surface area contributed by atoms with E-state index in [1.807, 2.05) is 0 Å². The van der Waals surface area contributed by atoms with Crippen molar-refractivity contribution in [1.29, 1.82) is 0 Å². The van der Waals surface area contributed by atoms with E-state index in [1.54, 1.807) is 0 Å². The number of hydrogen-bond acceptors (Lipinski definition) is 3. The summed E-state index contributed by atoms with van der Waals surface area (Å²) < 4.78 is 6.08. The summed E-state index contributed by atoms with van der Waals surface area (Å²) in [6, 6.07) is 8.64. The van der Waals surface area contributed by atoms with Gasteiger partial charge in [-0.3, -0.25) is 0 Å². The number of ether oxygens (including phenoxy) is 1. The van der Waals surface area contributed by atoms with E-state index in [9.17, 15) is 0 Å². The van der Waals surface area contributed by atoms with Crippen LogP contribution in [0.15, 0.2) is 24.3 Å². The Morgan fingerprint density at radius 2 is 2.17 bits per heavy atom. The lowest BCUT2D eigenvalue weighted by Crippen LogP contribution is -2.34.